The number of rotatable bonds is 5. The number of hydrogen-bond acceptors (Lipinski definition) is 4. The SMILES string of the molecule is CNc1ccnc(C(=O)NCC2(SC)CCCC2)c1. The maximum atomic E-state index is 12.1. The number of nitrogens with zero attached hydrogens (tertiary/aromatic N) is 1. The average Bonchev–Trinajstić information content (AvgIpc) is 2.94. The Balaban J connectivity index is 1.97. The molecule has 1 saturated carbocycles. The van der Waals surface area contributed by atoms with E-state index in [1.807, 2.05) is 24.9 Å². The maximum Gasteiger partial charge on any atom is 0.270 e. The van der Waals surface area contributed by atoms with Crippen LogP contribution < -0.4 is 10.6 Å². The lowest BCUT2D eigenvalue weighted by Crippen LogP contribution is -2.38. The van der Waals surface area contributed by atoms with Gasteiger partial charge in [-0.2, -0.15) is 11.8 Å². The second-order valence-electron chi connectivity index (χ2n) is 4.96. The van der Waals surface area contributed by atoms with Gasteiger partial charge in [0, 0.05) is 30.2 Å². The summed E-state index contributed by atoms with van der Waals surface area (Å²) in [5.41, 5.74) is 1.38. The van der Waals surface area contributed by atoms with E-state index < -0.39 is 0 Å². The van der Waals surface area contributed by atoms with E-state index in [1.54, 1.807) is 12.3 Å². The highest BCUT2D eigenvalue weighted by atomic mass is 32.2. The van der Waals surface area contributed by atoms with Crippen molar-refractivity contribution in [1.82, 2.24) is 10.3 Å². The van der Waals surface area contributed by atoms with Crippen molar-refractivity contribution in [2.75, 3.05) is 25.2 Å². The van der Waals surface area contributed by atoms with Crippen molar-refractivity contribution < 1.29 is 4.79 Å². The molecule has 1 aliphatic rings. The van der Waals surface area contributed by atoms with Crippen molar-refractivity contribution in [2.24, 2.45) is 0 Å². The smallest absolute Gasteiger partial charge is 0.270 e. The third-order valence-corrected chi connectivity index (χ3v) is 5.22. The van der Waals surface area contributed by atoms with Crippen LogP contribution in [0.3, 0.4) is 0 Å². The molecule has 0 unspecified atom stereocenters. The molecule has 0 aromatic carbocycles. The van der Waals surface area contributed by atoms with Crippen LogP contribution in [0.5, 0.6) is 0 Å². The number of thioether (sulfide) groups is 1. The summed E-state index contributed by atoms with van der Waals surface area (Å²) in [6.07, 6.45) is 8.71. The molecule has 0 atom stereocenters. The molecule has 1 amide bonds. The van der Waals surface area contributed by atoms with Crippen LogP contribution in [-0.4, -0.2) is 35.5 Å². The fourth-order valence-corrected chi connectivity index (χ4v) is 3.43. The maximum absolute atomic E-state index is 12.1. The van der Waals surface area contributed by atoms with E-state index in [9.17, 15) is 4.79 Å². The molecule has 4 nitrogen and oxygen atoms in total. The van der Waals surface area contributed by atoms with Crippen LogP contribution in [0.4, 0.5) is 5.69 Å². The molecule has 2 N–H and O–H groups in total. The van der Waals surface area contributed by atoms with Crippen molar-refractivity contribution in [3.8, 4) is 0 Å². The molecule has 19 heavy (non-hydrogen) atoms. The molecule has 2 rings (SSSR count). The zero-order valence-electron chi connectivity index (χ0n) is 11.5. The number of amides is 1. The summed E-state index contributed by atoms with van der Waals surface area (Å²) in [5.74, 6) is -0.0857. The number of hydrogen-bond donors (Lipinski definition) is 2. The predicted octanol–water partition coefficient (Wildman–Crippen LogP) is 2.53. The van der Waals surface area contributed by atoms with E-state index in [-0.39, 0.29) is 10.7 Å². The van der Waals surface area contributed by atoms with Gasteiger partial charge in [-0.3, -0.25) is 9.78 Å². The summed E-state index contributed by atoms with van der Waals surface area (Å²) in [5, 5.41) is 6.05. The monoisotopic (exact) mass is 279 g/mol. The predicted molar refractivity (Wildman–Crippen MR) is 80.8 cm³/mol. The molecule has 0 radical (unpaired) electrons. The Labute approximate surface area is 118 Å². The van der Waals surface area contributed by atoms with Gasteiger partial charge in [0.15, 0.2) is 0 Å². The summed E-state index contributed by atoms with van der Waals surface area (Å²) in [6, 6.07) is 3.62. The first-order chi connectivity index (χ1) is 9.19. The van der Waals surface area contributed by atoms with Crippen LogP contribution in [-0.2, 0) is 0 Å². The summed E-state index contributed by atoms with van der Waals surface area (Å²) < 4.78 is 0.232. The Hall–Kier alpha value is -1.23. The molecule has 1 aromatic rings. The molecule has 1 fully saturated rings. The Kier molecular flexibility index (Phi) is 4.69. The van der Waals surface area contributed by atoms with Gasteiger partial charge in [-0.25, -0.2) is 0 Å². The van der Waals surface area contributed by atoms with Gasteiger partial charge < -0.3 is 10.6 Å². The Morgan fingerprint density at radius 2 is 2.21 bits per heavy atom. The van der Waals surface area contributed by atoms with Crippen molar-refractivity contribution in [3.05, 3.63) is 24.0 Å². The molecule has 0 spiro atoms. The first-order valence-corrected chi connectivity index (χ1v) is 7.89. The Bertz CT molecular complexity index is 444. The summed E-state index contributed by atoms with van der Waals surface area (Å²) in [6.45, 7) is 0.735. The van der Waals surface area contributed by atoms with Crippen LogP contribution in [0.15, 0.2) is 18.3 Å². The van der Waals surface area contributed by atoms with Gasteiger partial charge in [0.25, 0.3) is 5.91 Å². The number of pyridine rings is 1. The van der Waals surface area contributed by atoms with Gasteiger partial charge in [0.1, 0.15) is 5.69 Å². The lowest BCUT2D eigenvalue weighted by Gasteiger charge is -2.26. The van der Waals surface area contributed by atoms with Gasteiger partial charge in [0.2, 0.25) is 0 Å². The molecule has 1 aromatic heterocycles. The molecule has 0 bridgehead atoms. The first-order valence-electron chi connectivity index (χ1n) is 6.66. The minimum absolute atomic E-state index is 0.0857. The van der Waals surface area contributed by atoms with Gasteiger partial charge >= 0.3 is 0 Å². The lowest BCUT2D eigenvalue weighted by molar-refractivity contribution is 0.0944. The van der Waals surface area contributed by atoms with Gasteiger partial charge in [0.05, 0.1) is 0 Å². The minimum atomic E-state index is -0.0857. The minimum Gasteiger partial charge on any atom is -0.388 e. The second-order valence-corrected chi connectivity index (χ2v) is 6.23. The third kappa shape index (κ3) is 3.41. The van der Waals surface area contributed by atoms with E-state index in [1.165, 1.54) is 25.7 Å². The number of aromatic nitrogens is 1. The zero-order valence-corrected chi connectivity index (χ0v) is 12.3. The fourth-order valence-electron chi connectivity index (χ4n) is 2.51. The fraction of sp³-hybridized carbons (Fsp3) is 0.571. The van der Waals surface area contributed by atoms with Gasteiger partial charge in [-0.1, -0.05) is 12.8 Å². The summed E-state index contributed by atoms with van der Waals surface area (Å²) in [7, 11) is 1.83. The number of nitrogens with one attached hydrogen (secondary N) is 2. The molecule has 1 heterocycles. The highest BCUT2D eigenvalue weighted by Crippen LogP contribution is 2.39. The first kappa shape index (κ1) is 14.2. The van der Waals surface area contributed by atoms with Crippen LogP contribution in [0.2, 0.25) is 0 Å². The molecule has 0 saturated heterocycles. The zero-order chi connectivity index (χ0) is 13.7. The highest BCUT2D eigenvalue weighted by molar-refractivity contribution is 8.00. The van der Waals surface area contributed by atoms with Crippen molar-refractivity contribution in [2.45, 2.75) is 30.4 Å². The average molecular weight is 279 g/mol. The second kappa shape index (κ2) is 6.28. The molecule has 1 aliphatic carbocycles. The largest absolute Gasteiger partial charge is 0.388 e. The van der Waals surface area contributed by atoms with Crippen LogP contribution in [0.25, 0.3) is 0 Å². The van der Waals surface area contributed by atoms with Crippen molar-refractivity contribution in [1.29, 1.82) is 0 Å². The van der Waals surface area contributed by atoms with Crippen molar-refractivity contribution >= 4 is 23.4 Å². The molecular formula is C14H21N3OS. The van der Waals surface area contributed by atoms with E-state index in [2.05, 4.69) is 21.9 Å². The quantitative estimate of drug-likeness (QED) is 0.869. The van der Waals surface area contributed by atoms with Crippen LogP contribution in [0.1, 0.15) is 36.2 Å². The van der Waals surface area contributed by atoms with Gasteiger partial charge in [-0.05, 0) is 31.2 Å². The summed E-state index contributed by atoms with van der Waals surface area (Å²) >= 11 is 1.88. The molecule has 5 heteroatoms. The Morgan fingerprint density at radius 3 is 2.84 bits per heavy atom. The van der Waals surface area contributed by atoms with E-state index in [0.717, 1.165) is 12.2 Å². The van der Waals surface area contributed by atoms with Crippen LogP contribution >= 0.6 is 11.8 Å². The summed E-state index contributed by atoms with van der Waals surface area (Å²) in [4.78, 5) is 16.2. The standard InChI is InChI=1S/C14H21N3OS/c1-15-11-5-8-16-12(9-11)13(18)17-10-14(19-2)6-3-4-7-14/h5,8-9H,3-4,6-7,10H2,1-2H3,(H,15,16)(H,17,18). The van der Waals surface area contributed by atoms with Gasteiger partial charge in [-0.15, -0.1) is 0 Å². The molecule has 104 valence electrons. The lowest BCUT2D eigenvalue weighted by atomic mass is 10.1. The van der Waals surface area contributed by atoms with Crippen molar-refractivity contribution in [3.63, 3.8) is 0 Å². The van der Waals surface area contributed by atoms with E-state index >= 15 is 0 Å². The number of carbonyl (C=O) groups excluding carboxylic acids is 1. The van der Waals surface area contributed by atoms with Crippen LogP contribution in [0, 0.1) is 0 Å². The van der Waals surface area contributed by atoms with E-state index in [4.69, 9.17) is 0 Å². The normalized spacial score (nSPS) is 17.2. The Morgan fingerprint density at radius 1 is 1.47 bits per heavy atom. The highest BCUT2D eigenvalue weighted by Gasteiger charge is 2.33. The number of carbonyl (C=O) groups is 1. The topological polar surface area (TPSA) is 54.0 Å². The number of anilines is 1. The molecule has 0 aliphatic heterocycles. The third-order valence-electron chi connectivity index (χ3n) is 3.80. The molecular weight excluding hydrogens is 258 g/mol. The van der Waals surface area contributed by atoms with E-state index in [0.29, 0.717) is 5.69 Å².